The molecule has 0 spiro atoms. The average molecular weight is 311 g/mol. The molecule has 0 bridgehead atoms. The zero-order valence-electron chi connectivity index (χ0n) is 9.45. The molecule has 0 aliphatic carbocycles. The number of thiophene rings is 1. The molecule has 2 aromatic heterocycles. The number of nitrogens with one attached hydrogen (secondary N) is 1. The number of hydrogen-bond donors (Lipinski definition) is 1. The lowest BCUT2D eigenvalue weighted by atomic mass is 10.3. The summed E-state index contributed by atoms with van der Waals surface area (Å²) in [7, 11) is 0. The Labute approximate surface area is 112 Å². The van der Waals surface area contributed by atoms with Gasteiger partial charge >= 0.3 is 0 Å². The van der Waals surface area contributed by atoms with Crippen molar-refractivity contribution in [1.29, 1.82) is 0 Å². The van der Waals surface area contributed by atoms with E-state index in [1.54, 1.807) is 12.3 Å². The predicted octanol–water partition coefficient (Wildman–Crippen LogP) is 3.77. The van der Waals surface area contributed by atoms with Gasteiger partial charge in [-0.1, -0.05) is 6.07 Å². The highest BCUT2D eigenvalue weighted by molar-refractivity contribution is 9.11. The van der Waals surface area contributed by atoms with E-state index >= 15 is 0 Å². The highest BCUT2D eigenvalue weighted by atomic mass is 79.9. The van der Waals surface area contributed by atoms with Crippen molar-refractivity contribution in [1.82, 2.24) is 4.98 Å². The summed E-state index contributed by atoms with van der Waals surface area (Å²) in [4.78, 5) is 16.7. The van der Waals surface area contributed by atoms with Crippen molar-refractivity contribution in [2.24, 2.45) is 0 Å². The van der Waals surface area contributed by atoms with Crippen LogP contribution in [0.3, 0.4) is 0 Å². The Bertz CT molecular complexity index is 529. The molecule has 0 unspecified atom stereocenters. The number of pyridine rings is 1. The number of aromatic nitrogens is 1. The van der Waals surface area contributed by atoms with Crippen LogP contribution in [0.15, 0.2) is 28.2 Å². The summed E-state index contributed by atoms with van der Waals surface area (Å²) in [6, 6.07) is 5.57. The molecular formula is C12H11BrN2OS. The molecule has 2 rings (SSSR count). The van der Waals surface area contributed by atoms with Crippen LogP contribution >= 0.6 is 27.3 Å². The minimum Gasteiger partial charge on any atom is -0.306 e. The molecule has 0 aromatic carbocycles. The van der Waals surface area contributed by atoms with Crippen LogP contribution in [0.1, 0.15) is 20.8 Å². The number of rotatable bonds is 2. The highest BCUT2D eigenvalue weighted by Gasteiger charge is 2.11. The van der Waals surface area contributed by atoms with Gasteiger partial charge in [0.15, 0.2) is 0 Å². The number of nitrogens with zero attached hydrogens (tertiary/aromatic N) is 1. The average Bonchev–Trinajstić information content (AvgIpc) is 2.63. The fourth-order valence-corrected chi connectivity index (χ4v) is 2.72. The van der Waals surface area contributed by atoms with Crippen LogP contribution < -0.4 is 5.32 Å². The van der Waals surface area contributed by atoms with Crippen LogP contribution in [0.25, 0.3) is 0 Å². The summed E-state index contributed by atoms with van der Waals surface area (Å²) in [5.74, 6) is 0.447. The van der Waals surface area contributed by atoms with Crippen LogP contribution in [0, 0.1) is 13.8 Å². The van der Waals surface area contributed by atoms with Crippen molar-refractivity contribution in [3.63, 3.8) is 0 Å². The Kier molecular flexibility index (Phi) is 3.59. The number of aryl methyl sites for hydroxylation is 2. The van der Waals surface area contributed by atoms with Gasteiger partial charge in [-0.3, -0.25) is 4.79 Å². The molecular weight excluding hydrogens is 300 g/mol. The Balaban J connectivity index is 2.14. The lowest BCUT2D eigenvalue weighted by molar-refractivity contribution is 0.103. The Morgan fingerprint density at radius 3 is 2.71 bits per heavy atom. The molecule has 1 amide bonds. The second kappa shape index (κ2) is 4.98. The minimum atomic E-state index is -0.125. The number of hydrogen-bond acceptors (Lipinski definition) is 3. The summed E-state index contributed by atoms with van der Waals surface area (Å²) < 4.78 is 0.986. The van der Waals surface area contributed by atoms with E-state index in [1.807, 2.05) is 26.0 Å². The summed E-state index contributed by atoms with van der Waals surface area (Å²) in [6.07, 6.45) is 1.73. The maximum atomic E-state index is 11.9. The van der Waals surface area contributed by atoms with Gasteiger partial charge < -0.3 is 5.32 Å². The van der Waals surface area contributed by atoms with Crippen LogP contribution in [-0.4, -0.2) is 10.9 Å². The third-order valence-electron chi connectivity index (χ3n) is 2.23. The predicted molar refractivity (Wildman–Crippen MR) is 73.7 cm³/mol. The van der Waals surface area contributed by atoms with E-state index in [0.29, 0.717) is 10.7 Å². The summed E-state index contributed by atoms with van der Waals surface area (Å²) in [5.41, 5.74) is 2.13. The maximum Gasteiger partial charge on any atom is 0.266 e. The lowest BCUT2D eigenvalue weighted by Crippen LogP contribution is -2.11. The first kappa shape index (κ1) is 12.3. The summed E-state index contributed by atoms with van der Waals surface area (Å²) >= 11 is 4.82. The van der Waals surface area contributed by atoms with Crippen molar-refractivity contribution in [2.45, 2.75) is 13.8 Å². The molecule has 0 saturated heterocycles. The first-order chi connectivity index (χ1) is 8.06. The van der Waals surface area contributed by atoms with Crippen molar-refractivity contribution in [2.75, 3.05) is 5.32 Å². The molecule has 0 radical (unpaired) electrons. The lowest BCUT2D eigenvalue weighted by Gasteiger charge is -2.02. The third-order valence-corrected chi connectivity index (χ3v) is 4.37. The van der Waals surface area contributed by atoms with Crippen molar-refractivity contribution >= 4 is 39.0 Å². The molecule has 3 nitrogen and oxygen atoms in total. The van der Waals surface area contributed by atoms with Crippen molar-refractivity contribution in [3.05, 3.63) is 44.2 Å². The van der Waals surface area contributed by atoms with Gasteiger partial charge in [0.25, 0.3) is 5.91 Å². The van der Waals surface area contributed by atoms with E-state index in [4.69, 9.17) is 0 Å². The number of amides is 1. The molecule has 0 aliphatic heterocycles. The minimum absolute atomic E-state index is 0.125. The zero-order chi connectivity index (χ0) is 12.4. The quantitative estimate of drug-likeness (QED) is 0.917. The number of carbonyl (C=O) groups excluding carboxylic acids is 1. The maximum absolute atomic E-state index is 11.9. The molecule has 0 aliphatic rings. The smallest absolute Gasteiger partial charge is 0.266 e. The SMILES string of the molecule is Cc1ccc(NC(=O)c2cc(C)c(Br)s2)nc1. The largest absolute Gasteiger partial charge is 0.306 e. The van der Waals surface area contributed by atoms with E-state index in [9.17, 15) is 4.79 Å². The number of anilines is 1. The fourth-order valence-electron chi connectivity index (χ4n) is 1.29. The van der Waals surface area contributed by atoms with Crippen LogP contribution in [0.2, 0.25) is 0 Å². The molecule has 0 atom stereocenters. The normalized spacial score (nSPS) is 10.3. The molecule has 0 fully saturated rings. The second-order valence-electron chi connectivity index (χ2n) is 3.74. The van der Waals surface area contributed by atoms with E-state index in [2.05, 4.69) is 26.2 Å². The fraction of sp³-hybridized carbons (Fsp3) is 0.167. The molecule has 88 valence electrons. The Hall–Kier alpha value is -1.20. The van der Waals surface area contributed by atoms with Gasteiger partial charge in [0, 0.05) is 6.20 Å². The van der Waals surface area contributed by atoms with Crippen LogP contribution in [-0.2, 0) is 0 Å². The molecule has 5 heteroatoms. The Morgan fingerprint density at radius 2 is 2.18 bits per heavy atom. The first-order valence-electron chi connectivity index (χ1n) is 5.06. The molecule has 2 heterocycles. The third kappa shape index (κ3) is 2.92. The van der Waals surface area contributed by atoms with E-state index in [0.717, 1.165) is 14.9 Å². The standard InChI is InChI=1S/C12H11BrN2OS/c1-7-3-4-10(14-6-7)15-12(16)9-5-8(2)11(13)17-9/h3-6H,1-2H3,(H,14,15,16). The van der Waals surface area contributed by atoms with Crippen molar-refractivity contribution in [3.8, 4) is 0 Å². The molecule has 2 aromatic rings. The Morgan fingerprint density at radius 1 is 1.41 bits per heavy atom. The topological polar surface area (TPSA) is 42.0 Å². The van der Waals surface area contributed by atoms with Gasteiger partial charge in [0.2, 0.25) is 0 Å². The molecule has 0 saturated carbocycles. The van der Waals surface area contributed by atoms with Gasteiger partial charge in [0.05, 0.1) is 8.66 Å². The summed E-state index contributed by atoms with van der Waals surface area (Å²) in [6.45, 7) is 3.92. The number of carbonyl (C=O) groups is 1. The van der Waals surface area contributed by atoms with Gasteiger partial charge in [-0.25, -0.2) is 4.98 Å². The monoisotopic (exact) mass is 310 g/mol. The highest BCUT2D eigenvalue weighted by Crippen LogP contribution is 2.27. The molecule has 1 N–H and O–H groups in total. The van der Waals surface area contributed by atoms with Gasteiger partial charge in [-0.2, -0.15) is 0 Å². The second-order valence-corrected chi connectivity index (χ2v) is 6.11. The van der Waals surface area contributed by atoms with E-state index < -0.39 is 0 Å². The first-order valence-corrected chi connectivity index (χ1v) is 6.67. The molecule has 17 heavy (non-hydrogen) atoms. The van der Waals surface area contributed by atoms with Crippen LogP contribution in [0.4, 0.5) is 5.82 Å². The zero-order valence-corrected chi connectivity index (χ0v) is 11.9. The van der Waals surface area contributed by atoms with Crippen LogP contribution in [0.5, 0.6) is 0 Å². The van der Waals surface area contributed by atoms with Crippen molar-refractivity contribution < 1.29 is 4.79 Å². The van der Waals surface area contributed by atoms with E-state index in [1.165, 1.54) is 11.3 Å². The van der Waals surface area contributed by atoms with Gasteiger partial charge in [-0.05, 0) is 53.0 Å². The number of halogens is 1. The van der Waals surface area contributed by atoms with Gasteiger partial charge in [-0.15, -0.1) is 11.3 Å². The van der Waals surface area contributed by atoms with E-state index in [-0.39, 0.29) is 5.91 Å². The summed E-state index contributed by atoms with van der Waals surface area (Å²) in [5, 5.41) is 2.77. The van der Waals surface area contributed by atoms with Gasteiger partial charge in [0.1, 0.15) is 5.82 Å².